The minimum Gasteiger partial charge on any atom is -0.244 e. The van der Waals surface area contributed by atoms with Crippen LogP contribution in [0.4, 0.5) is 0 Å². The van der Waals surface area contributed by atoms with Crippen molar-refractivity contribution in [3.8, 4) is 0 Å². The van der Waals surface area contributed by atoms with Gasteiger partial charge in [-0.3, -0.25) is 0 Å². The van der Waals surface area contributed by atoms with Gasteiger partial charge >= 0.3 is 7.59 Å². The molecule has 11 heavy (non-hydrogen) atoms. The van der Waals surface area contributed by atoms with Gasteiger partial charge in [0.2, 0.25) is 0 Å². The zero-order valence-corrected chi connectivity index (χ0v) is 7.82. The first-order chi connectivity index (χ1) is 5.18. The molecule has 0 aliphatic rings. The van der Waals surface area contributed by atoms with E-state index in [4.69, 9.17) is 0 Å². The Hall–Kier alpha value is -0.760. The average Bonchev–Trinajstić information content (AvgIpc) is 1.88. The molecule has 0 fully saturated rings. The molecular formula is C6H12N3OP. The molecule has 0 rings (SSSR count). The lowest BCUT2D eigenvalue weighted by atomic mass is 10.9. The fourth-order valence-corrected chi connectivity index (χ4v) is 1.62. The third-order valence-corrected chi connectivity index (χ3v) is 2.39. The maximum Gasteiger partial charge on any atom is 0.414 e. The lowest BCUT2D eigenvalue weighted by Crippen LogP contribution is -1.71. The molecule has 5 heteroatoms. The molecule has 0 N–H and O–H groups in total. The van der Waals surface area contributed by atoms with Crippen LogP contribution in [0.1, 0.15) is 20.8 Å². The van der Waals surface area contributed by atoms with Crippen molar-refractivity contribution in [3.63, 3.8) is 0 Å². The molecular weight excluding hydrogens is 161 g/mol. The number of nitrogens with zero attached hydrogens (tertiary/aromatic N) is 3. The van der Waals surface area contributed by atoms with E-state index >= 15 is 0 Å². The normalized spacial score (nSPS) is 18.5. The van der Waals surface area contributed by atoms with Crippen molar-refractivity contribution < 1.29 is 4.57 Å². The van der Waals surface area contributed by atoms with Crippen molar-refractivity contribution in [2.75, 3.05) is 0 Å². The molecule has 0 saturated heterocycles. The lowest BCUT2D eigenvalue weighted by molar-refractivity contribution is 0.578. The Bertz CT molecular complexity index is 194. The van der Waals surface area contributed by atoms with Crippen molar-refractivity contribution in [2.45, 2.75) is 20.8 Å². The molecule has 0 bridgehead atoms. The standard InChI is InChI=1S/C6H12N3OP/c1-4-7-11(10,8-5-2)9-6-3/h4-6H,1-3H3. The molecule has 0 unspecified atom stereocenters. The van der Waals surface area contributed by atoms with Gasteiger partial charge in [0.1, 0.15) is 0 Å². The Morgan fingerprint density at radius 2 is 1.18 bits per heavy atom. The van der Waals surface area contributed by atoms with Gasteiger partial charge in [-0.25, -0.2) is 18.9 Å². The quantitative estimate of drug-likeness (QED) is 0.477. The van der Waals surface area contributed by atoms with Crippen LogP contribution in [0.15, 0.2) is 14.3 Å². The number of hydrogen-bond acceptors (Lipinski definition) is 1. The van der Waals surface area contributed by atoms with E-state index in [1.54, 1.807) is 20.8 Å². The minimum atomic E-state index is -3.01. The predicted octanol–water partition coefficient (Wildman–Crippen LogP) is 2.37. The summed E-state index contributed by atoms with van der Waals surface area (Å²) >= 11 is 0. The van der Waals surface area contributed by atoms with Crippen molar-refractivity contribution in [1.82, 2.24) is 0 Å². The average molecular weight is 173 g/mol. The second-order valence-corrected chi connectivity index (χ2v) is 3.35. The highest BCUT2D eigenvalue weighted by molar-refractivity contribution is 7.60. The van der Waals surface area contributed by atoms with E-state index in [-0.39, 0.29) is 0 Å². The highest BCUT2D eigenvalue weighted by Crippen LogP contribution is 2.49. The smallest absolute Gasteiger partial charge is 0.244 e. The van der Waals surface area contributed by atoms with Crippen molar-refractivity contribution in [3.05, 3.63) is 0 Å². The Balaban J connectivity index is 4.67. The summed E-state index contributed by atoms with van der Waals surface area (Å²) in [4.78, 5) is 0. The van der Waals surface area contributed by atoms with Crippen molar-refractivity contribution in [1.29, 1.82) is 0 Å². The van der Waals surface area contributed by atoms with Gasteiger partial charge in [-0.05, 0) is 20.8 Å². The van der Waals surface area contributed by atoms with E-state index in [9.17, 15) is 4.57 Å². The monoisotopic (exact) mass is 173 g/mol. The van der Waals surface area contributed by atoms with Gasteiger partial charge in [0, 0.05) is 18.6 Å². The predicted molar refractivity (Wildman–Crippen MR) is 50.1 cm³/mol. The first-order valence-corrected chi connectivity index (χ1v) is 4.85. The van der Waals surface area contributed by atoms with Crippen LogP contribution >= 0.6 is 7.59 Å². The van der Waals surface area contributed by atoms with Crippen LogP contribution in [-0.2, 0) is 4.57 Å². The molecule has 4 nitrogen and oxygen atoms in total. The second-order valence-electron chi connectivity index (χ2n) is 1.63. The third kappa shape index (κ3) is 3.83. The van der Waals surface area contributed by atoms with Gasteiger partial charge in [0.05, 0.1) is 0 Å². The Morgan fingerprint density at radius 3 is 1.36 bits per heavy atom. The van der Waals surface area contributed by atoms with Gasteiger partial charge in [-0.15, -0.1) is 0 Å². The second kappa shape index (κ2) is 4.97. The summed E-state index contributed by atoms with van der Waals surface area (Å²) < 4.78 is 22.4. The molecule has 0 aromatic carbocycles. The van der Waals surface area contributed by atoms with Crippen LogP contribution in [0, 0.1) is 0 Å². The van der Waals surface area contributed by atoms with Crippen LogP contribution in [0.2, 0.25) is 0 Å². The van der Waals surface area contributed by atoms with Gasteiger partial charge in [-0.1, -0.05) is 0 Å². The summed E-state index contributed by atoms with van der Waals surface area (Å²) in [6.07, 6.45) is 4.34. The minimum absolute atomic E-state index is 1.45. The SMILES string of the molecule is CC=NP(=O)(N=CC)N=CC. The Labute approximate surface area is 66.7 Å². The lowest BCUT2D eigenvalue weighted by Gasteiger charge is -1.97. The van der Waals surface area contributed by atoms with E-state index in [1.165, 1.54) is 18.6 Å². The molecule has 0 atom stereocenters. The maximum absolute atomic E-state index is 11.4. The summed E-state index contributed by atoms with van der Waals surface area (Å²) in [5.41, 5.74) is 0. The van der Waals surface area contributed by atoms with Crippen molar-refractivity contribution in [2.24, 2.45) is 14.3 Å². The summed E-state index contributed by atoms with van der Waals surface area (Å²) in [5, 5.41) is 0. The summed E-state index contributed by atoms with van der Waals surface area (Å²) in [5.74, 6) is 0. The summed E-state index contributed by atoms with van der Waals surface area (Å²) in [7, 11) is -3.01. The molecule has 0 spiro atoms. The molecule has 0 saturated carbocycles. The van der Waals surface area contributed by atoms with E-state index in [1.807, 2.05) is 0 Å². The number of hydrogen-bond donors (Lipinski definition) is 0. The molecule has 0 radical (unpaired) electrons. The first kappa shape index (κ1) is 10.2. The van der Waals surface area contributed by atoms with Crippen LogP contribution in [0.25, 0.3) is 0 Å². The fourth-order valence-electron chi connectivity index (χ4n) is 0.541. The third-order valence-electron chi connectivity index (χ3n) is 0.798. The highest BCUT2D eigenvalue weighted by atomic mass is 31.2. The van der Waals surface area contributed by atoms with E-state index < -0.39 is 7.59 Å². The molecule has 62 valence electrons. The van der Waals surface area contributed by atoms with E-state index in [0.717, 1.165) is 0 Å². The maximum atomic E-state index is 11.4. The van der Waals surface area contributed by atoms with E-state index in [2.05, 4.69) is 14.3 Å². The Kier molecular flexibility index (Phi) is 4.62. The fraction of sp³-hybridized carbons (Fsp3) is 0.500. The zero-order chi connectivity index (χ0) is 8.74. The van der Waals surface area contributed by atoms with Gasteiger partial charge < -0.3 is 0 Å². The van der Waals surface area contributed by atoms with Crippen LogP contribution in [0.5, 0.6) is 0 Å². The van der Waals surface area contributed by atoms with Gasteiger partial charge in [-0.2, -0.15) is 0 Å². The first-order valence-electron chi connectivity index (χ1n) is 3.29. The highest BCUT2D eigenvalue weighted by Gasteiger charge is 2.12. The molecule has 0 aromatic heterocycles. The van der Waals surface area contributed by atoms with E-state index in [0.29, 0.717) is 0 Å². The molecule has 0 amide bonds. The van der Waals surface area contributed by atoms with Crippen LogP contribution in [0.3, 0.4) is 0 Å². The summed E-state index contributed by atoms with van der Waals surface area (Å²) in [6, 6.07) is 0. The summed E-state index contributed by atoms with van der Waals surface area (Å²) in [6.45, 7) is 5.05. The van der Waals surface area contributed by atoms with Crippen LogP contribution in [-0.4, -0.2) is 18.6 Å². The van der Waals surface area contributed by atoms with Gasteiger partial charge in [0.15, 0.2) is 0 Å². The van der Waals surface area contributed by atoms with Crippen LogP contribution < -0.4 is 0 Å². The molecule has 0 aromatic rings. The number of rotatable bonds is 3. The molecule has 0 heterocycles. The van der Waals surface area contributed by atoms with Crippen molar-refractivity contribution >= 4 is 26.2 Å². The Morgan fingerprint density at radius 1 is 0.909 bits per heavy atom. The zero-order valence-electron chi connectivity index (χ0n) is 6.93. The van der Waals surface area contributed by atoms with Gasteiger partial charge in [0.25, 0.3) is 0 Å². The topological polar surface area (TPSA) is 54.1 Å². The largest absolute Gasteiger partial charge is 0.414 e. The molecule has 0 aliphatic carbocycles. The molecule has 0 aliphatic heterocycles.